The van der Waals surface area contributed by atoms with Crippen molar-refractivity contribution >= 4 is 29.0 Å². The highest BCUT2D eigenvalue weighted by Crippen LogP contribution is 2.29. The van der Waals surface area contributed by atoms with Crippen LogP contribution >= 0.6 is 11.6 Å². The summed E-state index contributed by atoms with van der Waals surface area (Å²) in [5.41, 5.74) is 1.14. The molecule has 0 aliphatic rings. The zero-order chi connectivity index (χ0) is 17.7. The molecule has 0 unspecified atom stereocenters. The van der Waals surface area contributed by atoms with E-state index in [0.717, 1.165) is 0 Å². The fourth-order valence-corrected chi connectivity index (χ4v) is 2.13. The lowest BCUT2D eigenvalue weighted by atomic mass is 10.1. The molecule has 0 radical (unpaired) electrons. The van der Waals surface area contributed by atoms with Crippen LogP contribution in [-0.4, -0.2) is 24.9 Å². The summed E-state index contributed by atoms with van der Waals surface area (Å²) in [5, 5.41) is 3.33. The molecule has 0 bridgehead atoms. The molecule has 2 aromatic rings. The number of carbonyl (C=O) groups is 2. The largest absolute Gasteiger partial charge is 0.493 e. The first-order valence-electron chi connectivity index (χ1n) is 7.32. The van der Waals surface area contributed by atoms with Crippen molar-refractivity contribution < 1.29 is 19.1 Å². The molecule has 0 heterocycles. The zero-order valence-electron chi connectivity index (χ0n) is 13.6. The van der Waals surface area contributed by atoms with E-state index in [0.29, 0.717) is 27.8 Å². The highest BCUT2D eigenvalue weighted by Gasteiger charge is 2.18. The van der Waals surface area contributed by atoms with Gasteiger partial charge in [0.15, 0.2) is 23.4 Å². The minimum atomic E-state index is -0.752. The van der Waals surface area contributed by atoms with Gasteiger partial charge in [0.2, 0.25) is 0 Å². The van der Waals surface area contributed by atoms with Crippen LogP contribution in [0, 0.1) is 0 Å². The Balaban J connectivity index is 2.08. The van der Waals surface area contributed by atoms with Crippen LogP contribution in [0.4, 0.5) is 5.69 Å². The van der Waals surface area contributed by atoms with E-state index in [1.54, 1.807) is 49.4 Å². The van der Waals surface area contributed by atoms with E-state index in [1.807, 2.05) is 0 Å². The third-order valence-corrected chi connectivity index (χ3v) is 3.61. The first kappa shape index (κ1) is 17.8. The normalized spacial score (nSPS) is 11.5. The number of hydrogen-bond acceptors (Lipinski definition) is 4. The maximum atomic E-state index is 12.2. The van der Waals surface area contributed by atoms with Crippen LogP contribution in [0.3, 0.4) is 0 Å². The molecule has 2 rings (SSSR count). The predicted molar refractivity (Wildman–Crippen MR) is 93.2 cm³/mol. The smallest absolute Gasteiger partial charge is 0.265 e. The van der Waals surface area contributed by atoms with Crippen LogP contribution in [0.25, 0.3) is 0 Å². The summed E-state index contributed by atoms with van der Waals surface area (Å²) in [5.74, 6) is 0.401. The van der Waals surface area contributed by atoms with Crippen molar-refractivity contribution in [2.75, 3.05) is 12.4 Å². The fraction of sp³-hybridized carbons (Fsp3) is 0.222. The first-order valence-corrected chi connectivity index (χ1v) is 7.70. The third-order valence-electron chi connectivity index (χ3n) is 3.35. The second-order valence-corrected chi connectivity index (χ2v) is 5.61. The number of benzene rings is 2. The summed E-state index contributed by atoms with van der Waals surface area (Å²) in [6.45, 7) is 3.10. The fourth-order valence-electron chi connectivity index (χ4n) is 2.01. The van der Waals surface area contributed by atoms with Crippen molar-refractivity contribution in [1.82, 2.24) is 0 Å². The van der Waals surface area contributed by atoms with Gasteiger partial charge in [0, 0.05) is 16.3 Å². The first-order chi connectivity index (χ1) is 11.4. The molecule has 0 saturated heterocycles. The summed E-state index contributed by atoms with van der Waals surface area (Å²) < 4.78 is 10.9. The maximum Gasteiger partial charge on any atom is 0.265 e. The SMILES string of the molecule is COc1cc(C(C)=O)ccc1O[C@H](C)C(=O)Nc1ccc(Cl)cc1. The minimum Gasteiger partial charge on any atom is -0.493 e. The summed E-state index contributed by atoms with van der Waals surface area (Å²) >= 11 is 5.81. The molecule has 1 N–H and O–H groups in total. The van der Waals surface area contributed by atoms with Crippen LogP contribution in [0.2, 0.25) is 5.02 Å². The van der Waals surface area contributed by atoms with Crippen molar-refractivity contribution in [3.63, 3.8) is 0 Å². The molecule has 6 heteroatoms. The Hall–Kier alpha value is -2.53. The van der Waals surface area contributed by atoms with Gasteiger partial charge in [0.25, 0.3) is 5.91 Å². The molecule has 5 nitrogen and oxygen atoms in total. The lowest BCUT2D eigenvalue weighted by molar-refractivity contribution is -0.122. The van der Waals surface area contributed by atoms with E-state index < -0.39 is 6.10 Å². The van der Waals surface area contributed by atoms with Crippen molar-refractivity contribution in [3.8, 4) is 11.5 Å². The predicted octanol–water partition coefficient (Wildman–Crippen LogP) is 3.96. The average Bonchev–Trinajstić information content (AvgIpc) is 2.56. The molecule has 0 aliphatic carbocycles. The van der Waals surface area contributed by atoms with Crippen LogP contribution in [0.1, 0.15) is 24.2 Å². The number of amides is 1. The second kappa shape index (κ2) is 7.84. The van der Waals surface area contributed by atoms with Gasteiger partial charge in [-0.25, -0.2) is 0 Å². The lowest BCUT2D eigenvalue weighted by Gasteiger charge is -2.17. The monoisotopic (exact) mass is 347 g/mol. The quantitative estimate of drug-likeness (QED) is 0.803. The number of ketones is 1. The number of halogens is 1. The van der Waals surface area contributed by atoms with Crippen molar-refractivity contribution in [2.24, 2.45) is 0 Å². The number of hydrogen-bond donors (Lipinski definition) is 1. The third kappa shape index (κ3) is 4.49. The number of methoxy groups -OCH3 is 1. The second-order valence-electron chi connectivity index (χ2n) is 5.18. The highest BCUT2D eigenvalue weighted by molar-refractivity contribution is 6.30. The summed E-state index contributed by atoms with van der Waals surface area (Å²) in [7, 11) is 1.48. The lowest BCUT2D eigenvalue weighted by Crippen LogP contribution is -2.30. The number of nitrogens with one attached hydrogen (secondary N) is 1. The standard InChI is InChI=1S/C18H18ClNO4/c1-11(21)13-4-9-16(17(10-13)23-3)24-12(2)18(22)20-15-7-5-14(19)6-8-15/h4-10,12H,1-3H3,(H,20,22)/t12-/m1/s1. The minimum absolute atomic E-state index is 0.0756. The van der Waals surface area contributed by atoms with Gasteiger partial charge in [-0.15, -0.1) is 0 Å². The van der Waals surface area contributed by atoms with Gasteiger partial charge in [0.1, 0.15) is 0 Å². The molecule has 0 spiro atoms. The Bertz CT molecular complexity index is 743. The number of carbonyl (C=O) groups excluding carboxylic acids is 2. The maximum absolute atomic E-state index is 12.2. The highest BCUT2D eigenvalue weighted by atomic mass is 35.5. The van der Waals surface area contributed by atoms with Gasteiger partial charge in [-0.3, -0.25) is 9.59 Å². The molecular weight excluding hydrogens is 330 g/mol. The molecule has 0 fully saturated rings. The molecule has 1 atom stereocenters. The van der Waals surface area contributed by atoms with E-state index >= 15 is 0 Å². The molecule has 0 aromatic heterocycles. The molecular formula is C18H18ClNO4. The Morgan fingerprint density at radius 2 is 1.75 bits per heavy atom. The summed E-state index contributed by atoms with van der Waals surface area (Å²) in [6, 6.07) is 11.6. The number of ether oxygens (including phenoxy) is 2. The van der Waals surface area contributed by atoms with Gasteiger partial charge in [-0.2, -0.15) is 0 Å². The van der Waals surface area contributed by atoms with E-state index in [2.05, 4.69) is 5.32 Å². The number of rotatable bonds is 6. The van der Waals surface area contributed by atoms with Gasteiger partial charge in [-0.05, 0) is 56.3 Å². The van der Waals surface area contributed by atoms with Crippen molar-refractivity contribution in [1.29, 1.82) is 0 Å². The van der Waals surface area contributed by atoms with E-state index in [1.165, 1.54) is 14.0 Å². The van der Waals surface area contributed by atoms with Gasteiger partial charge < -0.3 is 14.8 Å². The Morgan fingerprint density at radius 3 is 2.33 bits per heavy atom. The molecule has 2 aromatic carbocycles. The van der Waals surface area contributed by atoms with E-state index in [-0.39, 0.29) is 11.7 Å². The van der Waals surface area contributed by atoms with Crippen LogP contribution in [0.5, 0.6) is 11.5 Å². The topological polar surface area (TPSA) is 64.6 Å². The van der Waals surface area contributed by atoms with Gasteiger partial charge in [-0.1, -0.05) is 11.6 Å². The van der Waals surface area contributed by atoms with Crippen LogP contribution in [0.15, 0.2) is 42.5 Å². The van der Waals surface area contributed by atoms with Crippen LogP contribution in [-0.2, 0) is 4.79 Å². The molecule has 24 heavy (non-hydrogen) atoms. The molecule has 1 amide bonds. The van der Waals surface area contributed by atoms with Crippen molar-refractivity contribution in [3.05, 3.63) is 53.1 Å². The van der Waals surface area contributed by atoms with Gasteiger partial charge in [0.05, 0.1) is 7.11 Å². The number of Topliss-reactive ketones (excluding diaryl/α,β-unsaturated/α-hetero) is 1. The summed E-state index contributed by atoms with van der Waals surface area (Å²) in [6.07, 6.45) is -0.752. The van der Waals surface area contributed by atoms with Crippen LogP contribution < -0.4 is 14.8 Å². The Kier molecular flexibility index (Phi) is 5.82. The van der Waals surface area contributed by atoms with Gasteiger partial charge >= 0.3 is 0 Å². The molecule has 0 aliphatic heterocycles. The number of anilines is 1. The average molecular weight is 348 g/mol. The Morgan fingerprint density at radius 1 is 1.08 bits per heavy atom. The zero-order valence-corrected chi connectivity index (χ0v) is 14.4. The Labute approximate surface area is 145 Å². The van der Waals surface area contributed by atoms with E-state index in [9.17, 15) is 9.59 Å². The summed E-state index contributed by atoms with van der Waals surface area (Å²) in [4.78, 5) is 23.6. The van der Waals surface area contributed by atoms with Crippen molar-refractivity contribution in [2.45, 2.75) is 20.0 Å². The van der Waals surface area contributed by atoms with E-state index in [4.69, 9.17) is 21.1 Å². The molecule has 0 saturated carbocycles. The molecule has 126 valence electrons.